The number of aliphatic imine (C=N–C) groups is 1. The second-order valence-electron chi connectivity index (χ2n) is 7.05. The summed E-state index contributed by atoms with van der Waals surface area (Å²) < 4.78 is 30.8. The van der Waals surface area contributed by atoms with Gasteiger partial charge >= 0.3 is 0 Å². The van der Waals surface area contributed by atoms with Gasteiger partial charge in [0.1, 0.15) is 5.84 Å². The van der Waals surface area contributed by atoms with Crippen molar-refractivity contribution < 1.29 is 23.4 Å². The molecular weight excluding hydrogens is 413 g/mol. The Hall–Kier alpha value is -3.52. The molecule has 1 heterocycles. The first kappa shape index (κ1) is 23.1. The van der Waals surface area contributed by atoms with Crippen LogP contribution < -0.4 is 19.5 Å². The van der Waals surface area contributed by atoms with Crippen LogP contribution in [0.15, 0.2) is 71.8 Å². The topological polar surface area (TPSA) is 64.6 Å². The number of rotatable bonds is 8. The van der Waals surface area contributed by atoms with E-state index in [1.165, 1.54) is 26.4 Å². The maximum atomic E-state index is 14.8. The first-order valence-electron chi connectivity index (χ1n) is 10.1. The van der Waals surface area contributed by atoms with Gasteiger partial charge in [0.15, 0.2) is 17.3 Å². The molecule has 7 nitrogen and oxygen atoms in total. The van der Waals surface area contributed by atoms with Gasteiger partial charge in [-0.3, -0.25) is 4.84 Å². The van der Waals surface area contributed by atoms with Crippen molar-refractivity contribution in [1.82, 2.24) is 5.06 Å². The lowest BCUT2D eigenvalue weighted by Crippen LogP contribution is -2.21. The zero-order valence-electron chi connectivity index (χ0n) is 18.7. The largest absolute Gasteiger partial charge is 0.493 e. The van der Waals surface area contributed by atoms with Gasteiger partial charge in [0.2, 0.25) is 5.75 Å². The number of nitrogens with one attached hydrogen (secondary N) is 1. The molecule has 1 aliphatic rings. The van der Waals surface area contributed by atoms with Crippen LogP contribution in [0.1, 0.15) is 24.9 Å². The van der Waals surface area contributed by atoms with Crippen molar-refractivity contribution in [3.8, 4) is 17.2 Å². The average molecular weight is 442 g/mol. The van der Waals surface area contributed by atoms with E-state index >= 15 is 0 Å². The second-order valence-corrected chi connectivity index (χ2v) is 7.05. The van der Waals surface area contributed by atoms with Gasteiger partial charge in [-0.05, 0) is 12.5 Å². The number of ether oxygens (including phenoxy) is 3. The summed E-state index contributed by atoms with van der Waals surface area (Å²) in [6.45, 7) is 6.07. The smallest absolute Gasteiger partial charge is 0.203 e. The van der Waals surface area contributed by atoms with Gasteiger partial charge in [-0.1, -0.05) is 36.9 Å². The summed E-state index contributed by atoms with van der Waals surface area (Å²) in [6, 6.07) is 13.2. The molecule has 1 N–H and O–H groups in total. The van der Waals surface area contributed by atoms with Crippen LogP contribution >= 0.6 is 0 Å². The van der Waals surface area contributed by atoms with Gasteiger partial charge in [-0.15, -0.1) is 0 Å². The number of hydrogen-bond acceptors (Lipinski definition) is 6. The number of nitrogens with zero attached hydrogens (tertiary/aromatic N) is 2. The van der Waals surface area contributed by atoms with Crippen LogP contribution in [0.25, 0.3) is 0 Å². The summed E-state index contributed by atoms with van der Waals surface area (Å²) in [7, 11) is 4.61. The van der Waals surface area contributed by atoms with Crippen LogP contribution in [0.5, 0.6) is 17.2 Å². The normalized spacial score (nSPS) is 16.7. The molecular formula is C24H28FN3O4. The lowest BCUT2D eigenvalue weighted by Gasteiger charge is -2.25. The number of amidine groups is 1. The first-order chi connectivity index (χ1) is 15.5. The number of methoxy groups -OCH3 is 3. The van der Waals surface area contributed by atoms with E-state index in [1.54, 1.807) is 19.1 Å². The van der Waals surface area contributed by atoms with E-state index in [2.05, 4.69) is 16.9 Å². The van der Waals surface area contributed by atoms with Crippen LogP contribution in [-0.2, 0) is 4.84 Å². The SMILES string of the molecule is C=C(/C(F)=C\N=C(/C)Nc1cc(OC)c(OC)c(OC)c1)N1OCC[C@H]1c1ccccc1. The van der Waals surface area contributed by atoms with Gasteiger partial charge in [0.05, 0.1) is 45.9 Å². The molecule has 8 heteroatoms. The minimum Gasteiger partial charge on any atom is -0.493 e. The van der Waals surface area contributed by atoms with Crippen molar-refractivity contribution >= 4 is 11.5 Å². The highest BCUT2D eigenvalue weighted by molar-refractivity contribution is 5.94. The molecule has 0 aromatic heterocycles. The predicted octanol–water partition coefficient (Wildman–Crippen LogP) is 5.25. The summed E-state index contributed by atoms with van der Waals surface area (Å²) >= 11 is 0. The highest BCUT2D eigenvalue weighted by Gasteiger charge is 2.30. The lowest BCUT2D eigenvalue weighted by atomic mass is 10.0. The number of hydrogen-bond donors (Lipinski definition) is 1. The summed E-state index contributed by atoms with van der Waals surface area (Å²) in [5.41, 5.74) is 1.82. The van der Waals surface area contributed by atoms with E-state index in [9.17, 15) is 4.39 Å². The Morgan fingerprint density at radius 2 is 1.81 bits per heavy atom. The van der Waals surface area contributed by atoms with E-state index in [-0.39, 0.29) is 11.7 Å². The highest BCUT2D eigenvalue weighted by atomic mass is 19.1. The molecule has 170 valence electrons. The Morgan fingerprint density at radius 3 is 2.41 bits per heavy atom. The first-order valence-corrected chi connectivity index (χ1v) is 10.1. The molecule has 1 saturated heterocycles. The van der Waals surface area contributed by atoms with Crippen molar-refractivity contribution in [2.24, 2.45) is 4.99 Å². The number of halogens is 1. The van der Waals surface area contributed by atoms with Crippen LogP contribution in [0.4, 0.5) is 10.1 Å². The van der Waals surface area contributed by atoms with Gasteiger partial charge in [0, 0.05) is 24.2 Å². The Morgan fingerprint density at radius 1 is 1.16 bits per heavy atom. The van der Waals surface area contributed by atoms with E-state index in [4.69, 9.17) is 19.0 Å². The third kappa shape index (κ3) is 5.20. The fraction of sp³-hybridized carbons (Fsp3) is 0.292. The van der Waals surface area contributed by atoms with Crippen LogP contribution in [0.2, 0.25) is 0 Å². The molecule has 0 bridgehead atoms. The summed E-state index contributed by atoms with van der Waals surface area (Å²) in [5, 5.41) is 4.60. The summed E-state index contributed by atoms with van der Waals surface area (Å²) in [6.07, 6.45) is 1.87. The lowest BCUT2D eigenvalue weighted by molar-refractivity contribution is -0.101. The van der Waals surface area contributed by atoms with Crippen LogP contribution in [-0.4, -0.2) is 38.8 Å². The van der Waals surface area contributed by atoms with Crippen molar-refractivity contribution in [2.45, 2.75) is 19.4 Å². The maximum Gasteiger partial charge on any atom is 0.203 e. The van der Waals surface area contributed by atoms with Crippen molar-refractivity contribution in [3.63, 3.8) is 0 Å². The molecule has 32 heavy (non-hydrogen) atoms. The minimum absolute atomic E-state index is 0.0923. The third-order valence-corrected chi connectivity index (χ3v) is 4.99. The average Bonchev–Trinajstić information content (AvgIpc) is 3.31. The molecule has 0 radical (unpaired) electrons. The zero-order valence-corrected chi connectivity index (χ0v) is 18.7. The summed E-state index contributed by atoms with van der Waals surface area (Å²) in [4.78, 5) is 9.80. The fourth-order valence-electron chi connectivity index (χ4n) is 3.44. The van der Waals surface area contributed by atoms with Crippen LogP contribution in [0.3, 0.4) is 0 Å². The molecule has 1 aliphatic heterocycles. The molecule has 1 atom stereocenters. The van der Waals surface area contributed by atoms with Crippen molar-refractivity contribution in [3.05, 3.63) is 72.3 Å². The van der Waals surface area contributed by atoms with Gasteiger partial charge in [-0.25, -0.2) is 14.4 Å². The van der Waals surface area contributed by atoms with E-state index < -0.39 is 5.83 Å². The minimum atomic E-state index is -0.584. The molecule has 0 aliphatic carbocycles. The number of anilines is 1. The van der Waals surface area contributed by atoms with E-state index in [0.29, 0.717) is 35.4 Å². The summed E-state index contributed by atoms with van der Waals surface area (Å²) in [5.74, 6) is 1.35. The molecule has 2 aromatic rings. The molecule has 0 unspecified atom stereocenters. The Bertz CT molecular complexity index is 983. The van der Waals surface area contributed by atoms with Crippen molar-refractivity contribution in [1.29, 1.82) is 0 Å². The van der Waals surface area contributed by atoms with Crippen molar-refractivity contribution in [2.75, 3.05) is 33.3 Å². The monoisotopic (exact) mass is 441 g/mol. The predicted molar refractivity (Wildman–Crippen MR) is 123 cm³/mol. The Kier molecular flexibility index (Phi) is 7.72. The van der Waals surface area contributed by atoms with Gasteiger partial charge in [0.25, 0.3) is 0 Å². The maximum absolute atomic E-state index is 14.8. The molecule has 3 rings (SSSR count). The third-order valence-electron chi connectivity index (χ3n) is 4.99. The quantitative estimate of drug-likeness (QED) is 0.343. The van der Waals surface area contributed by atoms with Crippen LogP contribution in [0, 0.1) is 0 Å². The number of benzene rings is 2. The standard InChI is InChI=1S/C24H28FN3O4/c1-16(28-21(11-12-32-28)18-9-7-6-8-10-18)20(25)15-26-17(2)27-19-13-22(29-3)24(31-5)23(14-19)30-4/h6-10,13-15,21H,1,11-12H2,2-5H3,(H,26,27)/b20-15+/t21-/m0/s1. The highest BCUT2D eigenvalue weighted by Crippen LogP contribution is 2.40. The number of hydroxylamine groups is 2. The van der Waals surface area contributed by atoms with Gasteiger partial charge < -0.3 is 19.5 Å². The van der Waals surface area contributed by atoms with Gasteiger partial charge in [-0.2, -0.15) is 0 Å². The fourth-order valence-corrected chi connectivity index (χ4v) is 3.44. The Balaban J connectivity index is 1.73. The van der Waals surface area contributed by atoms with E-state index in [1.807, 2.05) is 30.3 Å². The molecule has 1 fully saturated rings. The molecule has 2 aromatic carbocycles. The Labute approximate surface area is 187 Å². The number of allylic oxidation sites excluding steroid dienone is 1. The second kappa shape index (κ2) is 10.7. The van der Waals surface area contributed by atoms with E-state index in [0.717, 1.165) is 18.2 Å². The zero-order chi connectivity index (χ0) is 23.1. The molecule has 0 amide bonds. The molecule has 0 saturated carbocycles. The molecule has 0 spiro atoms.